The number of hydrogen-bond donors (Lipinski definition) is 1. The van der Waals surface area contributed by atoms with Gasteiger partial charge in [-0.2, -0.15) is 0 Å². The average molecular weight is 286 g/mol. The number of carbonyl (C=O) groups is 1. The molecule has 102 valence electrons. The quantitative estimate of drug-likeness (QED) is 0.837. The minimum atomic E-state index is -0.138. The topological polar surface area (TPSA) is 29.1 Å². The number of hydrogen-bond acceptors (Lipinski definition) is 1. The summed E-state index contributed by atoms with van der Waals surface area (Å²) in [5.74, 6) is -0.138. The Bertz CT molecular complexity index is 607. The molecule has 0 aromatic heterocycles. The third-order valence-corrected chi connectivity index (χ3v) is 3.32. The highest BCUT2D eigenvalue weighted by atomic mass is 35.5. The largest absolute Gasteiger partial charge is 0.346 e. The molecule has 2 nitrogen and oxygen atoms in total. The molecule has 0 radical (unpaired) electrons. The van der Waals surface area contributed by atoms with Gasteiger partial charge in [0.05, 0.1) is 6.04 Å². The fourth-order valence-corrected chi connectivity index (χ4v) is 2.06. The molecule has 3 heteroatoms. The standard InChI is InChI=1S/C17H16ClNO/c1-13(14-7-3-2-4-8-14)19-17(20)12-11-15-9-5-6-10-16(15)18/h2-13H,1H3,(H,19,20)/t13-/m1/s1. The summed E-state index contributed by atoms with van der Waals surface area (Å²) in [5, 5.41) is 3.55. The van der Waals surface area contributed by atoms with E-state index in [0.717, 1.165) is 11.1 Å². The van der Waals surface area contributed by atoms with Gasteiger partial charge in [0, 0.05) is 11.1 Å². The Morgan fingerprint density at radius 1 is 1.10 bits per heavy atom. The molecule has 0 bridgehead atoms. The van der Waals surface area contributed by atoms with E-state index >= 15 is 0 Å². The first-order valence-electron chi connectivity index (χ1n) is 6.45. The van der Waals surface area contributed by atoms with Crippen LogP contribution in [-0.2, 0) is 4.79 Å². The Kier molecular flexibility index (Phi) is 4.97. The Morgan fingerprint density at radius 3 is 2.45 bits per heavy atom. The number of nitrogens with one attached hydrogen (secondary N) is 1. The molecular formula is C17H16ClNO. The average Bonchev–Trinajstić information content (AvgIpc) is 2.47. The molecule has 2 aromatic carbocycles. The molecule has 0 aliphatic heterocycles. The van der Waals surface area contributed by atoms with Crippen molar-refractivity contribution in [1.29, 1.82) is 0 Å². The summed E-state index contributed by atoms with van der Waals surface area (Å²) in [5.41, 5.74) is 1.91. The molecule has 0 aliphatic carbocycles. The lowest BCUT2D eigenvalue weighted by molar-refractivity contribution is -0.117. The molecule has 20 heavy (non-hydrogen) atoms. The molecule has 0 heterocycles. The van der Waals surface area contributed by atoms with Crippen molar-refractivity contribution in [3.05, 3.63) is 76.8 Å². The second-order valence-corrected chi connectivity index (χ2v) is 4.90. The SMILES string of the molecule is C[C@@H](NC(=O)C=Cc1ccccc1Cl)c1ccccc1. The van der Waals surface area contributed by atoms with Crippen LogP contribution in [0.1, 0.15) is 24.1 Å². The Hall–Kier alpha value is -2.06. The number of benzene rings is 2. The van der Waals surface area contributed by atoms with Gasteiger partial charge in [0.2, 0.25) is 5.91 Å². The normalized spacial score (nSPS) is 12.3. The zero-order chi connectivity index (χ0) is 14.4. The van der Waals surface area contributed by atoms with Gasteiger partial charge >= 0.3 is 0 Å². The highest BCUT2D eigenvalue weighted by Gasteiger charge is 2.06. The maximum Gasteiger partial charge on any atom is 0.244 e. The summed E-state index contributed by atoms with van der Waals surface area (Å²) >= 11 is 6.03. The van der Waals surface area contributed by atoms with E-state index in [1.54, 1.807) is 12.1 Å². The molecule has 0 unspecified atom stereocenters. The van der Waals surface area contributed by atoms with Crippen LogP contribution in [0.5, 0.6) is 0 Å². The van der Waals surface area contributed by atoms with Crippen molar-refractivity contribution in [3.63, 3.8) is 0 Å². The van der Waals surface area contributed by atoms with Gasteiger partial charge in [0.1, 0.15) is 0 Å². The number of amides is 1. The van der Waals surface area contributed by atoms with Gasteiger partial charge in [-0.1, -0.05) is 60.1 Å². The van der Waals surface area contributed by atoms with Crippen LogP contribution in [-0.4, -0.2) is 5.91 Å². The number of rotatable bonds is 4. The van der Waals surface area contributed by atoms with Crippen molar-refractivity contribution >= 4 is 23.6 Å². The van der Waals surface area contributed by atoms with E-state index in [1.807, 2.05) is 55.5 Å². The van der Waals surface area contributed by atoms with Gasteiger partial charge in [-0.25, -0.2) is 0 Å². The zero-order valence-electron chi connectivity index (χ0n) is 11.2. The second kappa shape index (κ2) is 6.92. The predicted molar refractivity (Wildman–Crippen MR) is 83.5 cm³/mol. The van der Waals surface area contributed by atoms with Gasteiger partial charge < -0.3 is 5.32 Å². The van der Waals surface area contributed by atoms with Crippen LogP contribution in [0.2, 0.25) is 5.02 Å². The van der Waals surface area contributed by atoms with E-state index in [9.17, 15) is 4.79 Å². The Morgan fingerprint density at radius 2 is 1.75 bits per heavy atom. The Labute approximate surface area is 124 Å². The van der Waals surface area contributed by atoms with E-state index in [0.29, 0.717) is 5.02 Å². The van der Waals surface area contributed by atoms with Crippen LogP contribution < -0.4 is 5.32 Å². The molecule has 0 fully saturated rings. The van der Waals surface area contributed by atoms with Crippen LogP contribution >= 0.6 is 11.6 Å². The first-order valence-corrected chi connectivity index (χ1v) is 6.82. The molecule has 0 saturated carbocycles. The van der Waals surface area contributed by atoms with Crippen molar-refractivity contribution in [3.8, 4) is 0 Å². The maximum absolute atomic E-state index is 11.9. The molecular weight excluding hydrogens is 270 g/mol. The predicted octanol–water partition coefficient (Wildman–Crippen LogP) is 4.23. The first-order chi connectivity index (χ1) is 9.66. The van der Waals surface area contributed by atoms with E-state index in [1.165, 1.54) is 6.08 Å². The van der Waals surface area contributed by atoms with Crippen LogP contribution in [0.3, 0.4) is 0 Å². The highest BCUT2D eigenvalue weighted by molar-refractivity contribution is 6.32. The van der Waals surface area contributed by atoms with Gasteiger partial charge in [-0.3, -0.25) is 4.79 Å². The van der Waals surface area contributed by atoms with E-state index in [-0.39, 0.29) is 11.9 Å². The van der Waals surface area contributed by atoms with E-state index in [2.05, 4.69) is 5.32 Å². The van der Waals surface area contributed by atoms with Crippen molar-refractivity contribution < 1.29 is 4.79 Å². The minimum Gasteiger partial charge on any atom is -0.346 e. The molecule has 1 amide bonds. The van der Waals surface area contributed by atoms with Crippen molar-refractivity contribution in [2.45, 2.75) is 13.0 Å². The molecule has 0 spiro atoms. The molecule has 0 saturated heterocycles. The minimum absolute atomic E-state index is 0.0282. The molecule has 1 atom stereocenters. The lowest BCUT2D eigenvalue weighted by Crippen LogP contribution is -2.24. The number of halogens is 1. The zero-order valence-corrected chi connectivity index (χ0v) is 12.0. The fourth-order valence-electron chi connectivity index (χ4n) is 1.86. The van der Waals surface area contributed by atoms with Gasteiger partial charge in [-0.05, 0) is 30.2 Å². The van der Waals surface area contributed by atoms with Crippen molar-refractivity contribution in [2.75, 3.05) is 0 Å². The molecule has 0 aliphatic rings. The second-order valence-electron chi connectivity index (χ2n) is 4.50. The maximum atomic E-state index is 11.9. The lowest BCUT2D eigenvalue weighted by Gasteiger charge is -2.12. The Balaban J connectivity index is 1.98. The third kappa shape index (κ3) is 3.97. The molecule has 2 rings (SSSR count). The van der Waals surface area contributed by atoms with Crippen LogP contribution in [0, 0.1) is 0 Å². The smallest absolute Gasteiger partial charge is 0.244 e. The van der Waals surface area contributed by atoms with Crippen molar-refractivity contribution in [1.82, 2.24) is 5.32 Å². The summed E-state index contributed by atoms with van der Waals surface area (Å²) < 4.78 is 0. The fraction of sp³-hybridized carbons (Fsp3) is 0.118. The first kappa shape index (κ1) is 14.4. The van der Waals surface area contributed by atoms with Gasteiger partial charge in [0.15, 0.2) is 0 Å². The van der Waals surface area contributed by atoms with Gasteiger partial charge in [-0.15, -0.1) is 0 Å². The summed E-state index contributed by atoms with van der Waals surface area (Å²) in [6.45, 7) is 1.95. The summed E-state index contributed by atoms with van der Waals surface area (Å²) in [7, 11) is 0. The summed E-state index contributed by atoms with van der Waals surface area (Å²) in [6, 6.07) is 17.2. The third-order valence-electron chi connectivity index (χ3n) is 2.98. The van der Waals surface area contributed by atoms with Gasteiger partial charge in [0.25, 0.3) is 0 Å². The van der Waals surface area contributed by atoms with Crippen molar-refractivity contribution in [2.24, 2.45) is 0 Å². The lowest BCUT2D eigenvalue weighted by atomic mass is 10.1. The summed E-state index contributed by atoms with van der Waals surface area (Å²) in [6.07, 6.45) is 3.22. The molecule has 2 aromatic rings. The van der Waals surface area contributed by atoms with Crippen LogP contribution in [0.25, 0.3) is 6.08 Å². The van der Waals surface area contributed by atoms with E-state index < -0.39 is 0 Å². The van der Waals surface area contributed by atoms with Crippen LogP contribution in [0.15, 0.2) is 60.7 Å². The number of carbonyl (C=O) groups excluding carboxylic acids is 1. The van der Waals surface area contributed by atoms with E-state index in [4.69, 9.17) is 11.6 Å². The summed E-state index contributed by atoms with van der Waals surface area (Å²) in [4.78, 5) is 11.9. The van der Waals surface area contributed by atoms with Crippen LogP contribution in [0.4, 0.5) is 0 Å². The molecule has 1 N–H and O–H groups in total. The monoisotopic (exact) mass is 285 g/mol. The highest BCUT2D eigenvalue weighted by Crippen LogP contribution is 2.16.